The summed E-state index contributed by atoms with van der Waals surface area (Å²) in [5.41, 5.74) is 12.9. The van der Waals surface area contributed by atoms with Crippen LogP contribution in [0.25, 0.3) is 101 Å². The minimum absolute atomic E-state index is 0.0171. The van der Waals surface area contributed by atoms with Crippen LogP contribution in [0.4, 0.5) is 26.3 Å². The fourth-order valence-electron chi connectivity index (χ4n) is 14.9. The van der Waals surface area contributed by atoms with E-state index in [-0.39, 0.29) is 17.8 Å². The maximum atomic E-state index is 14.9. The Morgan fingerprint density at radius 1 is 0.400 bits per heavy atom. The van der Waals surface area contributed by atoms with E-state index in [1.54, 1.807) is 46.9 Å². The molecule has 0 saturated heterocycles. The van der Waals surface area contributed by atoms with E-state index in [1.165, 1.54) is 60.3 Å². The normalized spacial score (nSPS) is 16.8. The highest BCUT2D eigenvalue weighted by Gasteiger charge is 2.41. The van der Waals surface area contributed by atoms with Crippen LogP contribution in [-0.2, 0) is 18.8 Å². The maximum absolute atomic E-state index is 14.9. The Labute approximate surface area is 468 Å². The minimum atomic E-state index is -4.57. The number of thiophene rings is 2. The lowest BCUT2D eigenvalue weighted by Crippen LogP contribution is -2.21. The first kappa shape index (κ1) is 49.8. The second-order valence-corrected chi connectivity index (χ2v) is 24.9. The molecule has 2 saturated carbocycles. The summed E-state index contributed by atoms with van der Waals surface area (Å²) >= 11 is 3.58. The quantitative estimate of drug-likeness (QED) is 0.146. The Morgan fingerprint density at radius 2 is 0.900 bits per heavy atom. The molecule has 3 aromatic heterocycles. The van der Waals surface area contributed by atoms with E-state index in [0.717, 1.165) is 146 Å². The summed E-state index contributed by atoms with van der Waals surface area (Å²) in [6.07, 6.45) is 2.00. The second kappa shape index (κ2) is 19.2. The highest BCUT2D eigenvalue weighted by Crippen LogP contribution is 2.59. The molecule has 3 aliphatic carbocycles. The lowest BCUT2D eigenvalue weighted by atomic mass is 9.68. The van der Waals surface area contributed by atoms with Gasteiger partial charge in [0.25, 0.3) is 0 Å². The van der Waals surface area contributed by atoms with Gasteiger partial charge < -0.3 is 4.57 Å². The number of nitrogens with zero attached hydrogens (tertiary/aromatic N) is 1. The van der Waals surface area contributed by atoms with Gasteiger partial charge >= 0.3 is 12.4 Å². The predicted octanol–water partition coefficient (Wildman–Crippen LogP) is 22.7. The summed E-state index contributed by atoms with van der Waals surface area (Å²) < 4.78 is 96.9. The van der Waals surface area contributed by atoms with Crippen molar-refractivity contribution < 1.29 is 26.3 Å². The third-order valence-electron chi connectivity index (χ3n) is 18.3. The van der Waals surface area contributed by atoms with Crippen LogP contribution in [0.5, 0.6) is 0 Å². The van der Waals surface area contributed by atoms with Crippen molar-refractivity contribution in [2.75, 3.05) is 0 Å². The van der Waals surface area contributed by atoms with Gasteiger partial charge in [-0.2, -0.15) is 26.3 Å². The molecule has 0 aliphatic heterocycles. The Hall–Kier alpha value is -7.20. The first-order valence-corrected chi connectivity index (χ1v) is 30.1. The molecule has 2 fully saturated rings. The van der Waals surface area contributed by atoms with E-state index >= 15 is 0 Å². The van der Waals surface area contributed by atoms with E-state index in [9.17, 15) is 26.3 Å². The van der Waals surface area contributed by atoms with Gasteiger partial charge in [-0.05, 0) is 166 Å². The van der Waals surface area contributed by atoms with Crippen molar-refractivity contribution in [3.8, 4) is 39.1 Å². The Morgan fingerprint density at radius 3 is 1.49 bits per heavy atom. The van der Waals surface area contributed by atoms with Crippen molar-refractivity contribution in [2.45, 2.75) is 107 Å². The van der Waals surface area contributed by atoms with E-state index in [2.05, 4.69) is 126 Å². The Bertz CT molecular complexity index is 4310. The van der Waals surface area contributed by atoms with Gasteiger partial charge in [0.15, 0.2) is 0 Å². The standard InChI is InChI=1S/C71H55F6NS2/c72-70(73,74)45-31-27-43(28-32-45)61-63(41-15-3-1-4-16-41)69(78-56-24-12-9-21-50(56)53-38-40-60-66(68(53)78)55-23-11-14-26-58(55)80-60)64(42-17-5-2-6-18-42)62(44-29-33-46(34-30-44)71(75,76)77)67(61)52-36-35-51-49(47-19-7-8-20-48(47)52)37-39-59-65(51)54-22-10-13-25-57(54)79-59/h7-14,19-34,37-42,52H,1-6,15-18,35-36H2. The minimum Gasteiger partial charge on any atom is -0.308 e. The number of benzene rings is 9. The number of fused-ring (bicyclic) bond motifs is 14. The van der Waals surface area contributed by atoms with Gasteiger partial charge in [-0.25, -0.2) is 0 Å². The number of halogens is 6. The molecule has 1 nitrogen and oxygen atoms in total. The van der Waals surface area contributed by atoms with Crippen LogP contribution in [0.3, 0.4) is 0 Å². The summed E-state index contributed by atoms with van der Waals surface area (Å²) in [6, 6.07) is 55.4. The Balaban J connectivity index is 1.17. The molecule has 398 valence electrons. The van der Waals surface area contributed by atoms with Crippen LogP contribution in [0.2, 0.25) is 0 Å². The number of aromatic nitrogens is 1. The van der Waals surface area contributed by atoms with Crippen molar-refractivity contribution in [1.29, 1.82) is 0 Å². The molecule has 0 amide bonds. The zero-order chi connectivity index (χ0) is 54.0. The van der Waals surface area contributed by atoms with E-state index in [1.807, 2.05) is 0 Å². The van der Waals surface area contributed by atoms with E-state index < -0.39 is 23.5 Å². The van der Waals surface area contributed by atoms with Gasteiger partial charge in [0.2, 0.25) is 0 Å². The topological polar surface area (TPSA) is 4.93 Å². The maximum Gasteiger partial charge on any atom is 0.416 e. The SMILES string of the molecule is FC(F)(F)c1ccc(-c2c(C3CCCCC3)c(-n3c4ccccc4c4ccc5sc6ccccc6c5c43)c(C3CCCCC3)c(-c3ccc(C(F)(F)F)cc3)c2C2CCc3c(ccc4sc5ccccc5c34)-c3ccccc32)cc1. The van der Waals surface area contributed by atoms with Crippen LogP contribution in [-0.4, -0.2) is 4.57 Å². The molecule has 1 atom stereocenters. The third kappa shape index (κ3) is 7.99. The number of hydrogen-bond donors (Lipinski definition) is 0. The van der Waals surface area contributed by atoms with Crippen molar-refractivity contribution in [1.82, 2.24) is 4.57 Å². The van der Waals surface area contributed by atoms with Crippen LogP contribution >= 0.6 is 22.7 Å². The molecule has 9 heteroatoms. The van der Waals surface area contributed by atoms with Gasteiger partial charge in [0.1, 0.15) is 0 Å². The molecule has 0 spiro atoms. The van der Waals surface area contributed by atoms with Gasteiger partial charge in [-0.1, -0.05) is 154 Å². The summed E-state index contributed by atoms with van der Waals surface area (Å²) in [5.74, 6) is -0.288. The third-order valence-corrected chi connectivity index (χ3v) is 20.6. The van der Waals surface area contributed by atoms with Crippen LogP contribution in [0, 0.1) is 0 Å². The summed E-state index contributed by atoms with van der Waals surface area (Å²) in [4.78, 5) is 0. The number of hydrogen-bond acceptors (Lipinski definition) is 2. The molecule has 80 heavy (non-hydrogen) atoms. The monoisotopic (exact) mass is 1100 g/mol. The molecule has 9 aromatic carbocycles. The zero-order valence-electron chi connectivity index (χ0n) is 43.9. The summed E-state index contributed by atoms with van der Waals surface area (Å²) in [5, 5.41) is 7.00. The lowest BCUT2D eigenvalue weighted by Gasteiger charge is -2.38. The van der Waals surface area contributed by atoms with Gasteiger partial charge in [0.05, 0.1) is 27.8 Å². The molecule has 0 N–H and O–H groups in total. The molecule has 0 bridgehead atoms. The zero-order valence-corrected chi connectivity index (χ0v) is 45.5. The first-order chi connectivity index (χ1) is 39.0. The van der Waals surface area contributed by atoms with Gasteiger partial charge in [0, 0.05) is 57.0 Å². The first-order valence-electron chi connectivity index (χ1n) is 28.4. The highest BCUT2D eigenvalue weighted by atomic mass is 32.1. The van der Waals surface area contributed by atoms with Gasteiger partial charge in [-0.15, -0.1) is 22.7 Å². The average molecular weight is 1100 g/mol. The number of para-hydroxylation sites is 1. The summed E-state index contributed by atoms with van der Waals surface area (Å²) in [6.45, 7) is 0. The molecule has 12 aromatic rings. The lowest BCUT2D eigenvalue weighted by molar-refractivity contribution is -0.138. The van der Waals surface area contributed by atoms with E-state index in [0.29, 0.717) is 24.0 Å². The summed E-state index contributed by atoms with van der Waals surface area (Å²) in [7, 11) is 0. The largest absolute Gasteiger partial charge is 0.416 e. The van der Waals surface area contributed by atoms with E-state index in [4.69, 9.17) is 0 Å². The fraction of sp³-hybridized carbons (Fsp3) is 0.239. The number of aryl methyl sites for hydroxylation is 1. The van der Waals surface area contributed by atoms with Crippen LogP contribution in [0.1, 0.15) is 127 Å². The van der Waals surface area contributed by atoms with Crippen molar-refractivity contribution >= 4 is 84.8 Å². The highest BCUT2D eigenvalue weighted by molar-refractivity contribution is 7.26. The molecular formula is C71H55F6NS2. The molecule has 15 rings (SSSR count). The Kier molecular flexibility index (Phi) is 12.0. The van der Waals surface area contributed by atoms with Gasteiger partial charge in [-0.3, -0.25) is 0 Å². The molecular weight excluding hydrogens is 1040 g/mol. The smallest absolute Gasteiger partial charge is 0.308 e. The second-order valence-electron chi connectivity index (χ2n) is 22.7. The van der Waals surface area contributed by atoms with Crippen molar-refractivity contribution in [2.24, 2.45) is 0 Å². The molecule has 1 unspecified atom stereocenters. The van der Waals surface area contributed by atoms with Crippen LogP contribution in [0.15, 0.2) is 170 Å². The van der Waals surface area contributed by atoms with Crippen molar-refractivity contribution in [3.05, 3.63) is 209 Å². The predicted molar refractivity (Wildman–Crippen MR) is 321 cm³/mol. The average Bonchev–Trinajstić information content (AvgIpc) is 3.55. The number of alkyl halides is 6. The van der Waals surface area contributed by atoms with Crippen molar-refractivity contribution in [3.63, 3.8) is 0 Å². The fourth-order valence-corrected chi connectivity index (χ4v) is 17.2. The molecule has 0 radical (unpaired) electrons. The molecule has 3 aliphatic rings. The molecule has 3 heterocycles. The van der Waals surface area contributed by atoms with Crippen LogP contribution < -0.4 is 0 Å². The number of rotatable bonds is 6.